The van der Waals surface area contributed by atoms with Crippen molar-refractivity contribution in [3.8, 4) is 5.69 Å². The molecule has 1 atom stereocenters. The van der Waals surface area contributed by atoms with E-state index in [9.17, 15) is 4.79 Å². The van der Waals surface area contributed by atoms with Gasteiger partial charge in [0.25, 0.3) is 5.91 Å². The summed E-state index contributed by atoms with van der Waals surface area (Å²) < 4.78 is 6.38. The van der Waals surface area contributed by atoms with Crippen LogP contribution in [0.4, 0.5) is 0 Å². The number of rotatable bonds is 3. The molecular formula is C17H17ClN6O2. The lowest BCUT2D eigenvalue weighted by molar-refractivity contribution is 0.0664. The maximum Gasteiger partial charge on any atom is 0.276 e. The molecular weight excluding hydrogens is 356 g/mol. The van der Waals surface area contributed by atoms with E-state index in [0.29, 0.717) is 23.1 Å². The quantitative estimate of drug-likeness (QED) is 0.701. The Morgan fingerprint density at radius 3 is 2.92 bits per heavy atom. The lowest BCUT2D eigenvalue weighted by Gasteiger charge is -2.26. The van der Waals surface area contributed by atoms with Crippen LogP contribution in [0.5, 0.6) is 0 Å². The van der Waals surface area contributed by atoms with Crippen molar-refractivity contribution in [2.75, 3.05) is 6.54 Å². The van der Waals surface area contributed by atoms with Gasteiger partial charge in [-0.25, -0.2) is 4.68 Å². The number of hydrogen-bond acceptors (Lipinski definition) is 6. The van der Waals surface area contributed by atoms with Crippen LogP contribution in [0, 0.1) is 0 Å². The fourth-order valence-corrected chi connectivity index (χ4v) is 3.43. The molecule has 1 aliphatic heterocycles. The third kappa shape index (κ3) is 3.20. The number of amides is 1. The third-order valence-corrected chi connectivity index (χ3v) is 4.82. The standard InChI is InChI=1S/C17H17ClN6O2/c18-12-6-3-4-7-14(12)24-10-13(20-22-24)17(25)23-9-5-1-2-8-15(23)16-19-11-26-21-16/h3-4,6-7,10-11,15H,1-2,5,8-9H2. The Kier molecular flexibility index (Phi) is 4.66. The predicted molar refractivity (Wildman–Crippen MR) is 92.9 cm³/mol. The van der Waals surface area contributed by atoms with Crippen LogP contribution in [0.2, 0.25) is 5.02 Å². The van der Waals surface area contributed by atoms with Crippen molar-refractivity contribution in [1.29, 1.82) is 0 Å². The number of carbonyl (C=O) groups is 1. The maximum atomic E-state index is 13.1. The minimum Gasteiger partial charge on any atom is -0.343 e. The number of halogens is 1. The van der Waals surface area contributed by atoms with Gasteiger partial charge in [0.1, 0.15) is 0 Å². The number of aromatic nitrogens is 5. The number of para-hydroxylation sites is 1. The minimum absolute atomic E-state index is 0.194. The van der Waals surface area contributed by atoms with E-state index in [1.165, 1.54) is 11.1 Å². The Morgan fingerprint density at radius 1 is 1.23 bits per heavy atom. The molecule has 1 aliphatic rings. The highest BCUT2D eigenvalue weighted by atomic mass is 35.5. The van der Waals surface area contributed by atoms with Gasteiger partial charge in [-0.2, -0.15) is 4.98 Å². The summed E-state index contributed by atoms with van der Waals surface area (Å²) in [6.07, 6.45) is 6.68. The van der Waals surface area contributed by atoms with Gasteiger partial charge >= 0.3 is 0 Å². The topological polar surface area (TPSA) is 89.9 Å². The fourth-order valence-electron chi connectivity index (χ4n) is 3.21. The van der Waals surface area contributed by atoms with Gasteiger partial charge in [0.05, 0.1) is 22.9 Å². The molecule has 134 valence electrons. The van der Waals surface area contributed by atoms with Crippen LogP contribution in [0.15, 0.2) is 41.4 Å². The zero-order valence-corrected chi connectivity index (χ0v) is 14.7. The second-order valence-corrected chi connectivity index (χ2v) is 6.56. The molecule has 3 aromatic rings. The van der Waals surface area contributed by atoms with Gasteiger partial charge in [-0.05, 0) is 25.0 Å². The number of benzene rings is 1. The Morgan fingerprint density at radius 2 is 2.12 bits per heavy atom. The average Bonchev–Trinajstić information content (AvgIpc) is 3.30. The molecule has 1 saturated heterocycles. The summed E-state index contributed by atoms with van der Waals surface area (Å²) in [5.74, 6) is 0.332. The minimum atomic E-state index is -0.214. The smallest absolute Gasteiger partial charge is 0.276 e. The van der Waals surface area contributed by atoms with Gasteiger partial charge in [0, 0.05) is 6.54 Å². The van der Waals surface area contributed by atoms with Crippen LogP contribution < -0.4 is 0 Å². The van der Waals surface area contributed by atoms with E-state index in [0.717, 1.165) is 25.7 Å². The normalized spacial score (nSPS) is 17.9. The summed E-state index contributed by atoms with van der Waals surface area (Å²) in [5, 5.41) is 12.6. The van der Waals surface area contributed by atoms with Crippen LogP contribution in [-0.4, -0.2) is 42.5 Å². The van der Waals surface area contributed by atoms with E-state index in [4.69, 9.17) is 16.1 Å². The molecule has 26 heavy (non-hydrogen) atoms. The maximum absolute atomic E-state index is 13.1. The molecule has 9 heteroatoms. The summed E-state index contributed by atoms with van der Waals surface area (Å²) in [4.78, 5) is 19.0. The zero-order valence-electron chi connectivity index (χ0n) is 14.0. The van der Waals surface area contributed by atoms with Gasteiger partial charge in [0.2, 0.25) is 6.39 Å². The van der Waals surface area contributed by atoms with Crippen molar-refractivity contribution >= 4 is 17.5 Å². The van der Waals surface area contributed by atoms with Crippen LogP contribution in [0.3, 0.4) is 0 Å². The number of nitrogens with zero attached hydrogens (tertiary/aromatic N) is 6. The van der Waals surface area contributed by atoms with Crippen LogP contribution in [-0.2, 0) is 0 Å². The van der Waals surface area contributed by atoms with E-state index in [1.54, 1.807) is 17.2 Å². The first kappa shape index (κ1) is 16.7. The Hall–Kier alpha value is -2.74. The largest absolute Gasteiger partial charge is 0.343 e. The highest BCUT2D eigenvalue weighted by molar-refractivity contribution is 6.32. The first-order valence-electron chi connectivity index (χ1n) is 8.48. The SMILES string of the molecule is O=C(c1cn(-c2ccccc2Cl)nn1)N1CCCCCC1c1ncon1. The predicted octanol–water partition coefficient (Wildman–Crippen LogP) is 3.06. The van der Waals surface area contributed by atoms with Gasteiger partial charge in [-0.3, -0.25) is 4.79 Å². The summed E-state index contributed by atoms with van der Waals surface area (Å²) in [7, 11) is 0. The van der Waals surface area contributed by atoms with Crippen molar-refractivity contribution < 1.29 is 9.32 Å². The molecule has 0 N–H and O–H groups in total. The van der Waals surface area contributed by atoms with Crippen LogP contribution in [0.1, 0.15) is 48.0 Å². The molecule has 0 aliphatic carbocycles. The highest BCUT2D eigenvalue weighted by Crippen LogP contribution is 2.29. The summed E-state index contributed by atoms with van der Waals surface area (Å²) in [6.45, 7) is 0.622. The summed E-state index contributed by atoms with van der Waals surface area (Å²) in [6, 6.07) is 7.06. The average molecular weight is 373 g/mol. The van der Waals surface area contributed by atoms with E-state index >= 15 is 0 Å². The Balaban J connectivity index is 1.63. The summed E-state index contributed by atoms with van der Waals surface area (Å²) >= 11 is 6.20. The molecule has 0 saturated carbocycles. The van der Waals surface area contributed by atoms with E-state index in [1.807, 2.05) is 18.2 Å². The lowest BCUT2D eigenvalue weighted by Crippen LogP contribution is -2.35. The molecule has 0 bridgehead atoms. The molecule has 8 nitrogen and oxygen atoms in total. The van der Waals surface area contributed by atoms with Gasteiger partial charge in [0.15, 0.2) is 11.5 Å². The second-order valence-electron chi connectivity index (χ2n) is 6.15. The van der Waals surface area contributed by atoms with E-state index in [-0.39, 0.29) is 17.6 Å². The number of carbonyl (C=O) groups excluding carboxylic acids is 1. The number of likely N-dealkylation sites (tertiary alicyclic amines) is 1. The first-order valence-corrected chi connectivity index (χ1v) is 8.86. The summed E-state index contributed by atoms with van der Waals surface area (Å²) in [5.41, 5.74) is 0.937. The zero-order chi connectivity index (χ0) is 17.9. The monoisotopic (exact) mass is 372 g/mol. The Bertz CT molecular complexity index is 894. The first-order chi connectivity index (χ1) is 12.7. The van der Waals surface area contributed by atoms with Crippen molar-refractivity contribution in [3.05, 3.63) is 53.4 Å². The molecule has 3 heterocycles. The second kappa shape index (κ2) is 7.25. The van der Waals surface area contributed by atoms with Gasteiger partial charge in [-0.1, -0.05) is 46.9 Å². The van der Waals surface area contributed by atoms with E-state index < -0.39 is 0 Å². The Labute approximate surface area is 154 Å². The molecule has 4 rings (SSSR count). The van der Waals surface area contributed by atoms with Gasteiger partial charge < -0.3 is 9.42 Å². The fraction of sp³-hybridized carbons (Fsp3) is 0.353. The van der Waals surface area contributed by atoms with E-state index in [2.05, 4.69) is 20.5 Å². The molecule has 0 radical (unpaired) electrons. The van der Waals surface area contributed by atoms with Crippen molar-refractivity contribution in [3.63, 3.8) is 0 Å². The molecule has 1 amide bonds. The molecule has 2 aromatic heterocycles. The van der Waals surface area contributed by atoms with Crippen molar-refractivity contribution in [2.24, 2.45) is 0 Å². The molecule has 0 spiro atoms. The third-order valence-electron chi connectivity index (χ3n) is 4.50. The molecule has 1 aromatic carbocycles. The van der Waals surface area contributed by atoms with Crippen LogP contribution >= 0.6 is 11.6 Å². The van der Waals surface area contributed by atoms with Crippen molar-refractivity contribution in [2.45, 2.75) is 31.7 Å². The van der Waals surface area contributed by atoms with Crippen molar-refractivity contribution in [1.82, 2.24) is 30.0 Å². The lowest BCUT2D eigenvalue weighted by atomic mass is 10.1. The number of hydrogen-bond donors (Lipinski definition) is 0. The van der Waals surface area contributed by atoms with Crippen LogP contribution in [0.25, 0.3) is 5.69 Å². The molecule has 1 unspecified atom stereocenters. The molecule has 1 fully saturated rings. The van der Waals surface area contributed by atoms with Gasteiger partial charge in [-0.15, -0.1) is 5.10 Å². The highest BCUT2D eigenvalue weighted by Gasteiger charge is 2.31.